The molecular weight excluding hydrogens is 540 g/mol. The summed E-state index contributed by atoms with van der Waals surface area (Å²) in [4.78, 5) is 28.3. The van der Waals surface area contributed by atoms with Crippen molar-refractivity contribution in [1.82, 2.24) is 4.90 Å². The smallest absolute Gasteiger partial charge is 0.256 e. The Hall–Kier alpha value is -3.18. The first-order valence-corrected chi connectivity index (χ1v) is 12.9. The summed E-state index contributed by atoms with van der Waals surface area (Å²) in [6.45, 7) is 0.288. The number of hydrogen-bond donors (Lipinski definition) is 2. The highest BCUT2D eigenvalue weighted by atomic mass is 79.9. The number of nitriles is 1. The zero-order valence-corrected chi connectivity index (χ0v) is 21.9. The molecule has 0 radical (unpaired) electrons. The Morgan fingerprint density at radius 1 is 1.06 bits per heavy atom. The van der Waals surface area contributed by atoms with E-state index in [-0.39, 0.29) is 30.4 Å². The minimum Gasteiger partial charge on any atom is -0.331 e. The van der Waals surface area contributed by atoms with Gasteiger partial charge in [-0.3, -0.25) is 9.59 Å². The molecular formula is C28H26BrClN4O2. The van der Waals surface area contributed by atoms with Gasteiger partial charge in [0, 0.05) is 39.4 Å². The molecule has 0 unspecified atom stereocenters. The lowest BCUT2D eigenvalue weighted by Gasteiger charge is -2.36. The first-order chi connectivity index (χ1) is 17.4. The van der Waals surface area contributed by atoms with Crippen LogP contribution in [-0.4, -0.2) is 28.8 Å². The monoisotopic (exact) mass is 564 g/mol. The van der Waals surface area contributed by atoms with Gasteiger partial charge in [0.25, 0.3) is 11.8 Å². The molecule has 184 valence electrons. The Balaban J connectivity index is 1.60. The molecule has 1 saturated carbocycles. The van der Waals surface area contributed by atoms with Crippen LogP contribution in [0, 0.1) is 11.3 Å². The van der Waals surface area contributed by atoms with E-state index in [0.29, 0.717) is 31.9 Å². The Morgan fingerprint density at radius 2 is 1.75 bits per heavy atom. The van der Waals surface area contributed by atoms with Crippen LogP contribution >= 0.6 is 27.5 Å². The standard InChI is InChI=1S/C28H26BrClN4O2/c29-25-4-2-1-3-24(25)27(35)33-22-11-14-26(30)20(15-22)17-34(23-12-9-21(32)10-13-23)28(36)19-7-5-18(16-31)6-8-19/h1-8,11,14-15,21,23H,9-10,12-13,17,32H2,(H,33,35). The second kappa shape index (κ2) is 11.7. The lowest BCUT2D eigenvalue weighted by molar-refractivity contribution is 0.0606. The molecule has 8 heteroatoms. The third kappa shape index (κ3) is 6.14. The van der Waals surface area contributed by atoms with Crippen LogP contribution in [0.4, 0.5) is 5.69 Å². The molecule has 0 atom stereocenters. The number of nitrogens with zero attached hydrogens (tertiary/aromatic N) is 2. The van der Waals surface area contributed by atoms with Gasteiger partial charge in [0.15, 0.2) is 0 Å². The van der Waals surface area contributed by atoms with Gasteiger partial charge in [0.05, 0.1) is 17.2 Å². The SMILES string of the molecule is N#Cc1ccc(C(=O)N(Cc2cc(NC(=O)c3ccccc3Br)ccc2Cl)C2CCC(N)CC2)cc1. The zero-order valence-electron chi connectivity index (χ0n) is 19.6. The van der Waals surface area contributed by atoms with Crippen LogP contribution in [0.2, 0.25) is 5.02 Å². The van der Waals surface area contributed by atoms with E-state index in [4.69, 9.17) is 22.6 Å². The Morgan fingerprint density at radius 3 is 2.42 bits per heavy atom. The minimum atomic E-state index is -0.248. The number of nitrogens with two attached hydrogens (primary N) is 1. The number of carbonyl (C=O) groups is 2. The van der Waals surface area contributed by atoms with Gasteiger partial charge in [-0.1, -0.05) is 23.7 Å². The number of hydrogen-bond acceptors (Lipinski definition) is 4. The predicted octanol–water partition coefficient (Wildman–Crippen LogP) is 6.14. The van der Waals surface area contributed by atoms with Crippen LogP contribution in [0.25, 0.3) is 0 Å². The second-order valence-corrected chi connectivity index (χ2v) is 10.2. The minimum absolute atomic E-state index is 0.0162. The zero-order chi connectivity index (χ0) is 25.7. The molecule has 3 N–H and O–H groups in total. The molecule has 3 aromatic carbocycles. The van der Waals surface area contributed by atoms with Crippen LogP contribution in [0.5, 0.6) is 0 Å². The number of carbonyl (C=O) groups excluding carboxylic acids is 2. The van der Waals surface area contributed by atoms with Crippen molar-refractivity contribution in [3.05, 3.63) is 98.5 Å². The van der Waals surface area contributed by atoms with Crippen molar-refractivity contribution in [3.63, 3.8) is 0 Å². The highest BCUT2D eigenvalue weighted by molar-refractivity contribution is 9.10. The molecule has 1 fully saturated rings. The number of halogens is 2. The maximum absolute atomic E-state index is 13.6. The molecule has 4 rings (SSSR count). The normalized spacial score (nSPS) is 17.2. The second-order valence-electron chi connectivity index (χ2n) is 8.93. The summed E-state index contributed by atoms with van der Waals surface area (Å²) >= 11 is 9.97. The van der Waals surface area contributed by atoms with Gasteiger partial charge < -0.3 is 16.0 Å². The van der Waals surface area contributed by atoms with Crippen LogP contribution in [0.3, 0.4) is 0 Å². The van der Waals surface area contributed by atoms with Crippen molar-refractivity contribution in [3.8, 4) is 6.07 Å². The summed E-state index contributed by atoms with van der Waals surface area (Å²) in [6, 6.07) is 21.4. The first-order valence-electron chi connectivity index (χ1n) is 11.8. The van der Waals surface area contributed by atoms with E-state index in [9.17, 15) is 9.59 Å². The van der Waals surface area contributed by atoms with E-state index in [1.807, 2.05) is 23.1 Å². The molecule has 0 aliphatic heterocycles. The van der Waals surface area contributed by atoms with E-state index >= 15 is 0 Å². The number of anilines is 1. The van der Waals surface area contributed by atoms with E-state index in [1.54, 1.807) is 48.5 Å². The van der Waals surface area contributed by atoms with Crippen molar-refractivity contribution in [2.75, 3.05) is 5.32 Å². The van der Waals surface area contributed by atoms with Gasteiger partial charge in [-0.2, -0.15) is 5.26 Å². The molecule has 1 aliphatic rings. The first kappa shape index (κ1) is 25.9. The van der Waals surface area contributed by atoms with Gasteiger partial charge in [-0.05, 0) is 102 Å². The van der Waals surface area contributed by atoms with Gasteiger partial charge in [0.2, 0.25) is 0 Å². The molecule has 0 spiro atoms. The lowest BCUT2D eigenvalue weighted by Crippen LogP contribution is -2.44. The summed E-state index contributed by atoms with van der Waals surface area (Å²) in [5, 5.41) is 12.5. The highest BCUT2D eigenvalue weighted by Crippen LogP contribution is 2.29. The van der Waals surface area contributed by atoms with E-state index < -0.39 is 0 Å². The fraction of sp³-hybridized carbons (Fsp3) is 0.250. The molecule has 0 aromatic heterocycles. The maximum atomic E-state index is 13.6. The van der Waals surface area contributed by atoms with Gasteiger partial charge in [0.1, 0.15) is 0 Å². The maximum Gasteiger partial charge on any atom is 0.256 e. The Kier molecular flexibility index (Phi) is 8.42. The molecule has 36 heavy (non-hydrogen) atoms. The van der Waals surface area contributed by atoms with Gasteiger partial charge in [-0.25, -0.2) is 0 Å². The molecule has 6 nitrogen and oxygen atoms in total. The summed E-state index contributed by atoms with van der Waals surface area (Å²) in [5.41, 5.74) is 8.97. The molecule has 2 amide bonds. The average Bonchev–Trinajstić information content (AvgIpc) is 2.89. The van der Waals surface area contributed by atoms with Crippen LogP contribution in [0.15, 0.2) is 71.2 Å². The molecule has 0 saturated heterocycles. The fourth-order valence-electron chi connectivity index (χ4n) is 4.43. The topological polar surface area (TPSA) is 99.2 Å². The van der Waals surface area contributed by atoms with E-state index in [1.165, 1.54) is 0 Å². The molecule has 1 aliphatic carbocycles. The van der Waals surface area contributed by atoms with Crippen LogP contribution < -0.4 is 11.1 Å². The molecule has 0 heterocycles. The lowest BCUT2D eigenvalue weighted by atomic mass is 9.90. The van der Waals surface area contributed by atoms with Gasteiger partial charge in [-0.15, -0.1) is 0 Å². The Labute approximate surface area is 224 Å². The summed E-state index contributed by atoms with van der Waals surface area (Å²) < 4.78 is 0.700. The van der Waals surface area contributed by atoms with Crippen molar-refractivity contribution >= 4 is 45.0 Å². The van der Waals surface area contributed by atoms with Crippen molar-refractivity contribution < 1.29 is 9.59 Å². The predicted molar refractivity (Wildman–Crippen MR) is 145 cm³/mol. The largest absolute Gasteiger partial charge is 0.331 e. The van der Waals surface area contributed by atoms with Crippen molar-refractivity contribution in [2.24, 2.45) is 5.73 Å². The average molecular weight is 566 g/mol. The number of benzene rings is 3. The summed E-state index contributed by atoms with van der Waals surface area (Å²) in [5.74, 6) is -0.374. The summed E-state index contributed by atoms with van der Waals surface area (Å²) in [7, 11) is 0. The number of amides is 2. The number of rotatable bonds is 6. The van der Waals surface area contributed by atoms with Crippen molar-refractivity contribution in [2.45, 2.75) is 44.3 Å². The van der Waals surface area contributed by atoms with Crippen LogP contribution in [-0.2, 0) is 6.54 Å². The fourth-order valence-corrected chi connectivity index (χ4v) is 5.08. The summed E-state index contributed by atoms with van der Waals surface area (Å²) in [6.07, 6.45) is 3.30. The van der Waals surface area contributed by atoms with Crippen LogP contribution in [0.1, 0.15) is 57.5 Å². The highest BCUT2D eigenvalue weighted by Gasteiger charge is 2.29. The van der Waals surface area contributed by atoms with E-state index in [0.717, 1.165) is 31.2 Å². The van der Waals surface area contributed by atoms with E-state index in [2.05, 4.69) is 27.3 Å². The van der Waals surface area contributed by atoms with Gasteiger partial charge >= 0.3 is 0 Å². The Bertz CT molecular complexity index is 1300. The van der Waals surface area contributed by atoms with Crippen molar-refractivity contribution in [1.29, 1.82) is 5.26 Å². The third-order valence-electron chi connectivity index (χ3n) is 6.47. The molecule has 3 aromatic rings. The molecule has 0 bridgehead atoms. The quantitative estimate of drug-likeness (QED) is 0.375. The number of nitrogens with one attached hydrogen (secondary N) is 1. The third-order valence-corrected chi connectivity index (χ3v) is 7.53.